The monoisotopic (exact) mass is 436 g/mol. The number of benzene rings is 2. The molecule has 1 heterocycles. The number of hydrogen-bond donors (Lipinski definition) is 2. The Labute approximate surface area is 190 Å². The Morgan fingerprint density at radius 1 is 1.03 bits per heavy atom. The maximum Gasteiger partial charge on any atom is 0.253 e. The van der Waals surface area contributed by atoms with E-state index in [0.717, 1.165) is 41.7 Å². The fourth-order valence-electron chi connectivity index (χ4n) is 3.56. The Balaban J connectivity index is 1.85. The fourth-order valence-corrected chi connectivity index (χ4v) is 3.84. The van der Waals surface area contributed by atoms with E-state index in [-0.39, 0.29) is 5.56 Å². The lowest BCUT2D eigenvalue weighted by Crippen LogP contribution is -2.37. The van der Waals surface area contributed by atoms with Gasteiger partial charge in [0.2, 0.25) is 0 Å². The van der Waals surface area contributed by atoms with E-state index < -0.39 is 0 Å². The molecule has 6 heteroatoms. The van der Waals surface area contributed by atoms with Crippen molar-refractivity contribution in [1.82, 2.24) is 14.8 Å². The predicted octanol–water partition coefficient (Wildman–Crippen LogP) is 4.60. The highest BCUT2D eigenvalue weighted by atomic mass is 32.1. The molecule has 0 saturated carbocycles. The van der Waals surface area contributed by atoms with Crippen molar-refractivity contribution in [2.75, 3.05) is 32.5 Å². The summed E-state index contributed by atoms with van der Waals surface area (Å²) in [6, 6.07) is 14.3. The molecule has 1 aromatic heterocycles. The second-order valence-electron chi connectivity index (χ2n) is 8.47. The summed E-state index contributed by atoms with van der Waals surface area (Å²) in [5, 5.41) is 5.00. The van der Waals surface area contributed by atoms with E-state index in [2.05, 4.69) is 72.3 Å². The molecule has 0 aliphatic heterocycles. The van der Waals surface area contributed by atoms with E-state index in [1.54, 1.807) is 0 Å². The summed E-state index contributed by atoms with van der Waals surface area (Å²) in [4.78, 5) is 20.2. The topological polar surface area (TPSA) is 51.4 Å². The molecular formula is C25H32N4OS. The minimum atomic E-state index is -0.0584. The van der Waals surface area contributed by atoms with Gasteiger partial charge in [-0.3, -0.25) is 4.79 Å². The molecule has 0 atom stereocenters. The molecule has 0 amide bonds. The molecule has 0 unspecified atom stereocenters. The van der Waals surface area contributed by atoms with Crippen molar-refractivity contribution >= 4 is 33.9 Å². The molecule has 0 radical (unpaired) electrons. The first-order chi connectivity index (χ1) is 14.7. The number of hydrogen-bond acceptors (Lipinski definition) is 3. The van der Waals surface area contributed by atoms with Gasteiger partial charge < -0.3 is 20.1 Å². The number of thiocarbonyl (C=S) groups is 1. The molecule has 5 nitrogen and oxygen atoms in total. The third kappa shape index (κ3) is 5.93. The molecule has 3 aromatic rings. The van der Waals surface area contributed by atoms with Crippen molar-refractivity contribution in [3.05, 3.63) is 75.1 Å². The average molecular weight is 437 g/mol. The van der Waals surface area contributed by atoms with Gasteiger partial charge in [0.05, 0.1) is 12.1 Å². The Morgan fingerprint density at radius 2 is 1.74 bits per heavy atom. The van der Waals surface area contributed by atoms with E-state index in [0.29, 0.717) is 17.2 Å². The first-order valence-electron chi connectivity index (χ1n) is 10.6. The van der Waals surface area contributed by atoms with E-state index in [1.165, 1.54) is 11.1 Å². The van der Waals surface area contributed by atoms with Gasteiger partial charge in [0.25, 0.3) is 5.56 Å². The second-order valence-corrected chi connectivity index (χ2v) is 8.86. The average Bonchev–Trinajstić information content (AvgIpc) is 2.72. The maximum absolute atomic E-state index is 12.9. The SMILES string of the molecule is Cc1ccc(NC(=S)N(CCCN(C)C)Cc2cc3ccc(C)c(C)c3[nH]c2=O)cc1. The van der Waals surface area contributed by atoms with Gasteiger partial charge in [0.1, 0.15) is 0 Å². The van der Waals surface area contributed by atoms with Crippen LogP contribution in [0.15, 0.2) is 47.3 Å². The number of nitrogens with one attached hydrogen (secondary N) is 2. The fraction of sp³-hybridized carbons (Fsp3) is 0.360. The minimum Gasteiger partial charge on any atom is -0.344 e. The Bertz CT molecular complexity index is 1120. The van der Waals surface area contributed by atoms with Crippen LogP contribution in [0.25, 0.3) is 10.9 Å². The van der Waals surface area contributed by atoms with Crippen LogP contribution in [0.3, 0.4) is 0 Å². The lowest BCUT2D eigenvalue weighted by atomic mass is 10.0. The Kier molecular flexibility index (Phi) is 7.46. The molecule has 31 heavy (non-hydrogen) atoms. The molecule has 0 fully saturated rings. The predicted molar refractivity (Wildman–Crippen MR) is 135 cm³/mol. The zero-order chi connectivity index (χ0) is 22.5. The number of H-pyrrole nitrogens is 1. The van der Waals surface area contributed by atoms with Gasteiger partial charge in [-0.05, 0) is 94.8 Å². The summed E-state index contributed by atoms with van der Waals surface area (Å²) < 4.78 is 0. The number of pyridine rings is 1. The van der Waals surface area contributed by atoms with Gasteiger partial charge >= 0.3 is 0 Å². The van der Waals surface area contributed by atoms with Crippen LogP contribution in [0.1, 0.15) is 28.7 Å². The van der Waals surface area contributed by atoms with Crippen LogP contribution >= 0.6 is 12.2 Å². The first kappa shape index (κ1) is 23.0. The molecule has 2 N–H and O–H groups in total. The van der Waals surface area contributed by atoms with Crippen molar-refractivity contribution < 1.29 is 0 Å². The molecule has 0 spiro atoms. The summed E-state index contributed by atoms with van der Waals surface area (Å²) in [6.45, 7) is 8.34. The molecule has 2 aromatic carbocycles. The van der Waals surface area contributed by atoms with E-state index in [1.807, 2.05) is 25.1 Å². The van der Waals surface area contributed by atoms with Crippen LogP contribution in [0.4, 0.5) is 5.69 Å². The quantitative estimate of drug-likeness (QED) is 0.530. The standard InChI is InChI=1S/C25H32N4OS/c1-17-7-11-22(12-8-17)26-25(31)29(14-6-13-28(4)5)16-21-15-20-10-9-18(2)19(3)23(20)27-24(21)30/h7-12,15H,6,13-14,16H2,1-5H3,(H,26,31)(H,27,30). The number of aromatic nitrogens is 1. The van der Waals surface area contributed by atoms with E-state index in [9.17, 15) is 4.79 Å². The molecule has 164 valence electrons. The molecule has 0 bridgehead atoms. The van der Waals surface area contributed by atoms with Crippen LogP contribution in [0.2, 0.25) is 0 Å². The van der Waals surface area contributed by atoms with Gasteiger partial charge in [0.15, 0.2) is 5.11 Å². The third-order valence-electron chi connectivity index (χ3n) is 5.61. The van der Waals surface area contributed by atoms with Crippen molar-refractivity contribution in [3.8, 4) is 0 Å². The van der Waals surface area contributed by atoms with Crippen LogP contribution < -0.4 is 10.9 Å². The molecule has 3 rings (SSSR count). The number of aromatic amines is 1. The Morgan fingerprint density at radius 3 is 2.42 bits per heavy atom. The Hall–Kier alpha value is -2.70. The summed E-state index contributed by atoms with van der Waals surface area (Å²) in [7, 11) is 4.12. The van der Waals surface area contributed by atoms with Gasteiger partial charge in [-0.1, -0.05) is 29.8 Å². The zero-order valence-electron chi connectivity index (χ0n) is 19.1. The normalized spacial score (nSPS) is 11.2. The second kappa shape index (κ2) is 10.1. The zero-order valence-corrected chi connectivity index (χ0v) is 19.9. The lowest BCUT2D eigenvalue weighted by Gasteiger charge is -2.26. The largest absolute Gasteiger partial charge is 0.344 e. The highest BCUT2D eigenvalue weighted by molar-refractivity contribution is 7.80. The molecule has 0 aliphatic rings. The van der Waals surface area contributed by atoms with Crippen molar-refractivity contribution in [2.24, 2.45) is 0 Å². The maximum atomic E-state index is 12.9. The van der Waals surface area contributed by atoms with E-state index in [4.69, 9.17) is 12.2 Å². The number of fused-ring (bicyclic) bond motifs is 1. The summed E-state index contributed by atoms with van der Waals surface area (Å²) in [5.41, 5.74) is 6.00. The first-order valence-corrected chi connectivity index (χ1v) is 11.0. The van der Waals surface area contributed by atoms with Crippen LogP contribution in [-0.4, -0.2) is 47.1 Å². The number of nitrogens with zero attached hydrogens (tertiary/aromatic N) is 2. The minimum absolute atomic E-state index is 0.0584. The van der Waals surface area contributed by atoms with Gasteiger partial charge in [-0.15, -0.1) is 0 Å². The lowest BCUT2D eigenvalue weighted by molar-refractivity contribution is 0.346. The third-order valence-corrected chi connectivity index (χ3v) is 5.97. The van der Waals surface area contributed by atoms with Crippen molar-refractivity contribution in [2.45, 2.75) is 33.7 Å². The number of anilines is 1. The summed E-state index contributed by atoms with van der Waals surface area (Å²) >= 11 is 5.73. The summed E-state index contributed by atoms with van der Waals surface area (Å²) in [6.07, 6.45) is 0.951. The number of rotatable bonds is 7. The van der Waals surface area contributed by atoms with Gasteiger partial charge in [0, 0.05) is 17.8 Å². The van der Waals surface area contributed by atoms with Gasteiger partial charge in [-0.2, -0.15) is 0 Å². The van der Waals surface area contributed by atoms with Crippen molar-refractivity contribution in [3.63, 3.8) is 0 Å². The highest BCUT2D eigenvalue weighted by Crippen LogP contribution is 2.20. The van der Waals surface area contributed by atoms with Gasteiger partial charge in [-0.25, -0.2) is 0 Å². The number of aryl methyl sites for hydroxylation is 3. The highest BCUT2D eigenvalue weighted by Gasteiger charge is 2.14. The summed E-state index contributed by atoms with van der Waals surface area (Å²) in [5.74, 6) is 0. The van der Waals surface area contributed by atoms with Crippen molar-refractivity contribution in [1.29, 1.82) is 0 Å². The molecular weight excluding hydrogens is 404 g/mol. The van der Waals surface area contributed by atoms with Crippen LogP contribution in [-0.2, 0) is 6.54 Å². The smallest absolute Gasteiger partial charge is 0.253 e. The van der Waals surface area contributed by atoms with Crippen LogP contribution in [0.5, 0.6) is 0 Å². The van der Waals surface area contributed by atoms with E-state index >= 15 is 0 Å². The molecule has 0 aliphatic carbocycles. The molecule has 0 saturated heterocycles. The van der Waals surface area contributed by atoms with Crippen LogP contribution in [0, 0.1) is 20.8 Å².